The molecule has 5 aromatic carbocycles. The molecule has 0 aliphatic carbocycles. The number of halogens is 2. The van der Waals surface area contributed by atoms with Crippen molar-refractivity contribution in [2.24, 2.45) is 0 Å². The highest BCUT2D eigenvalue weighted by Crippen LogP contribution is 2.52. The lowest BCUT2D eigenvalue weighted by atomic mass is 9.92. The molecule has 2 aliphatic heterocycles. The zero-order valence-electron chi connectivity index (χ0n) is 28.0. The molecule has 0 spiro atoms. The Balaban J connectivity index is 1.35. The first-order chi connectivity index (χ1) is 23.8. The van der Waals surface area contributed by atoms with E-state index in [1.165, 1.54) is 17.2 Å². The summed E-state index contributed by atoms with van der Waals surface area (Å²) in [6, 6.07) is 30.9. The van der Waals surface area contributed by atoms with Crippen LogP contribution in [0.2, 0.25) is 5.02 Å². The number of benzene rings is 5. The number of hydrogen-bond donors (Lipinski definition) is 1. The molecule has 2 aliphatic rings. The van der Waals surface area contributed by atoms with Crippen molar-refractivity contribution in [1.29, 1.82) is 0 Å². The number of hydrogen-bond acceptors (Lipinski definition) is 7. The summed E-state index contributed by atoms with van der Waals surface area (Å²) in [6.07, 6.45) is 0. The lowest BCUT2D eigenvalue weighted by Crippen LogP contribution is -2.41. The van der Waals surface area contributed by atoms with Crippen molar-refractivity contribution in [3.63, 3.8) is 0 Å². The largest absolute Gasteiger partial charge is 0.497 e. The van der Waals surface area contributed by atoms with E-state index in [2.05, 4.69) is 57.2 Å². The van der Waals surface area contributed by atoms with Gasteiger partial charge in [0.05, 0.1) is 38.7 Å². The van der Waals surface area contributed by atoms with Crippen molar-refractivity contribution < 1.29 is 18.6 Å². The second-order valence-electron chi connectivity index (χ2n) is 12.6. The Morgan fingerprint density at radius 2 is 1.20 bits per heavy atom. The van der Waals surface area contributed by atoms with Crippen LogP contribution in [0.1, 0.15) is 39.4 Å². The normalized spacial score (nSPS) is 15.6. The molecule has 0 bridgehead atoms. The number of anilines is 3. The van der Waals surface area contributed by atoms with Gasteiger partial charge in [-0.15, -0.1) is 0 Å². The van der Waals surface area contributed by atoms with Crippen LogP contribution in [0.15, 0.2) is 97.1 Å². The van der Waals surface area contributed by atoms with Crippen LogP contribution >= 0.6 is 11.6 Å². The van der Waals surface area contributed by atoms with Crippen molar-refractivity contribution in [1.82, 2.24) is 4.90 Å². The molecule has 7 rings (SSSR count). The Hall–Kier alpha value is -4.92. The average Bonchev–Trinajstić information content (AvgIpc) is 3.50. The number of methoxy groups -OCH3 is 3. The molecule has 252 valence electrons. The molecule has 0 aromatic heterocycles. The smallest absolute Gasteiger partial charge is 0.123 e. The van der Waals surface area contributed by atoms with Crippen LogP contribution in [-0.4, -0.2) is 39.3 Å². The molecule has 0 radical (unpaired) electrons. The average molecular weight is 679 g/mol. The predicted molar refractivity (Wildman–Crippen MR) is 194 cm³/mol. The van der Waals surface area contributed by atoms with Gasteiger partial charge < -0.3 is 29.7 Å². The number of fused-ring (bicyclic) bond motifs is 3. The fraction of sp³-hybridized carbons (Fsp3) is 0.250. The lowest BCUT2D eigenvalue weighted by molar-refractivity contribution is 0.235. The standard InChI is InChI=1S/C40H40ClFN4O3/c1-47-30-11-4-26(5-12-30)22-44-18-19-45(23-27-6-13-31(48-2)14-7-27)39-34-25-46(24-28-8-15-32(49-3)16-9-28)40(38(34)36(43)21-37(39)44)33-20-29(42)10-17-35(33)41/h4-17,20-21,40H,18-19,22-25,43H2,1-3H3. The fourth-order valence-corrected chi connectivity index (χ4v) is 7.41. The summed E-state index contributed by atoms with van der Waals surface area (Å²) in [5.41, 5.74) is 16.3. The van der Waals surface area contributed by atoms with E-state index in [0.717, 1.165) is 64.9 Å². The summed E-state index contributed by atoms with van der Waals surface area (Å²) in [5, 5.41) is 0.507. The van der Waals surface area contributed by atoms with Crippen LogP contribution in [0, 0.1) is 5.82 Å². The first-order valence-electron chi connectivity index (χ1n) is 16.4. The molecule has 0 saturated heterocycles. The maximum Gasteiger partial charge on any atom is 0.123 e. The number of nitrogens with zero attached hydrogens (tertiary/aromatic N) is 3. The van der Waals surface area contributed by atoms with Crippen molar-refractivity contribution in [2.75, 3.05) is 50.0 Å². The van der Waals surface area contributed by atoms with E-state index in [4.69, 9.17) is 31.5 Å². The first kappa shape index (κ1) is 32.6. The van der Waals surface area contributed by atoms with Gasteiger partial charge in [0.1, 0.15) is 23.1 Å². The molecule has 1 unspecified atom stereocenters. The quantitative estimate of drug-likeness (QED) is 0.149. The zero-order chi connectivity index (χ0) is 34.1. The number of ether oxygens (including phenoxy) is 3. The highest BCUT2D eigenvalue weighted by Gasteiger charge is 2.40. The Kier molecular flexibility index (Phi) is 9.25. The predicted octanol–water partition coefficient (Wildman–Crippen LogP) is 8.22. The van der Waals surface area contributed by atoms with Crippen LogP contribution < -0.4 is 29.7 Å². The van der Waals surface area contributed by atoms with Gasteiger partial charge in [0, 0.05) is 55.5 Å². The molecular weight excluding hydrogens is 639 g/mol. The van der Waals surface area contributed by atoms with Crippen LogP contribution in [-0.2, 0) is 26.2 Å². The SMILES string of the molecule is COc1ccc(CN2CCN(Cc3ccc(OC)cc3)c3c2cc(N)c2c3CN(Cc3ccc(OC)cc3)C2c2cc(F)ccc2Cl)cc1. The number of nitrogens with two attached hydrogens (primary N) is 1. The van der Waals surface area contributed by atoms with E-state index in [0.29, 0.717) is 35.9 Å². The maximum atomic E-state index is 14.9. The molecule has 0 saturated carbocycles. The van der Waals surface area contributed by atoms with Crippen molar-refractivity contribution in [3.05, 3.63) is 141 Å². The molecule has 2 N–H and O–H groups in total. The topological polar surface area (TPSA) is 63.4 Å². The molecule has 2 heterocycles. The molecule has 49 heavy (non-hydrogen) atoms. The fourth-order valence-electron chi connectivity index (χ4n) is 7.19. The van der Waals surface area contributed by atoms with Gasteiger partial charge in [-0.1, -0.05) is 48.0 Å². The van der Waals surface area contributed by atoms with E-state index in [9.17, 15) is 4.39 Å². The van der Waals surface area contributed by atoms with Crippen LogP contribution in [0.5, 0.6) is 17.2 Å². The summed E-state index contributed by atoms with van der Waals surface area (Å²) in [6.45, 7) is 4.30. The Bertz CT molecular complexity index is 1940. The third kappa shape index (κ3) is 6.58. The third-order valence-corrected chi connectivity index (χ3v) is 9.96. The Labute approximate surface area is 292 Å². The molecule has 0 fully saturated rings. The zero-order valence-corrected chi connectivity index (χ0v) is 28.7. The number of nitrogen functional groups attached to an aromatic ring is 1. The van der Waals surface area contributed by atoms with Crippen molar-refractivity contribution in [3.8, 4) is 17.2 Å². The van der Waals surface area contributed by atoms with E-state index < -0.39 is 0 Å². The second-order valence-corrected chi connectivity index (χ2v) is 13.0. The maximum absolute atomic E-state index is 14.9. The van der Waals surface area contributed by atoms with E-state index in [1.807, 2.05) is 36.4 Å². The molecular formula is C40H40ClFN4O3. The summed E-state index contributed by atoms with van der Waals surface area (Å²) >= 11 is 6.85. The number of rotatable bonds is 10. The Morgan fingerprint density at radius 1 is 0.694 bits per heavy atom. The van der Waals surface area contributed by atoms with Crippen LogP contribution in [0.3, 0.4) is 0 Å². The monoisotopic (exact) mass is 678 g/mol. The molecule has 7 nitrogen and oxygen atoms in total. The minimum Gasteiger partial charge on any atom is -0.497 e. The van der Waals surface area contributed by atoms with E-state index in [-0.39, 0.29) is 11.9 Å². The minimum absolute atomic E-state index is 0.333. The highest BCUT2D eigenvalue weighted by molar-refractivity contribution is 6.31. The van der Waals surface area contributed by atoms with Gasteiger partial charge in [0.25, 0.3) is 0 Å². The van der Waals surface area contributed by atoms with Crippen molar-refractivity contribution in [2.45, 2.75) is 32.2 Å². The first-order valence-corrected chi connectivity index (χ1v) is 16.8. The summed E-state index contributed by atoms with van der Waals surface area (Å²) in [4.78, 5) is 7.22. The summed E-state index contributed by atoms with van der Waals surface area (Å²) < 4.78 is 31.1. The van der Waals surface area contributed by atoms with E-state index >= 15 is 0 Å². The lowest BCUT2D eigenvalue weighted by Gasteiger charge is -2.41. The third-order valence-electron chi connectivity index (χ3n) is 9.62. The molecule has 9 heteroatoms. The molecule has 0 amide bonds. The van der Waals surface area contributed by atoms with Crippen LogP contribution in [0.25, 0.3) is 0 Å². The second kappa shape index (κ2) is 13.9. The van der Waals surface area contributed by atoms with Gasteiger partial charge in [-0.25, -0.2) is 4.39 Å². The molecule has 5 aromatic rings. The van der Waals surface area contributed by atoms with Gasteiger partial charge in [0.15, 0.2) is 0 Å². The van der Waals surface area contributed by atoms with Crippen LogP contribution in [0.4, 0.5) is 21.5 Å². The van der Waals surface area contributed by atoms with E-state index in [1.54, 1.807) is 33.5 Å². The molecule has 1 atom stereocenters. The van der Waals surface area contributed by atoms with Gasteiger partial charge in [0.2, 0.25) is 0 Å². The van der Waals surface area contributed by atoms with Gasteiger partial charge in [-0.3, -0.25) is 4.90 Å². The Morgan fingerprint density at radius 3 is 1.76 bits per heavy atom. The van der Waals surface area contributed by atoms with Gasteiger partial charge in [-0.2, -0.15) is 0 Å². The van der Waals surface area contributed by atoms with Gasteiger partial charge in [-0.05, 0) is 88.5 Å². The summed E-state index contributed by atoms with van der Waals surface area (Å²) in [5.74, 6) is 2.11. The minimum atomic E-state index is -0.342. The summed E-state index contributed by atoms with van der Waals surface area (Å²) in [7, 11) is 5.02. The highest BCUT2D eigenvalue weighted by atomic mass is 35.5. The van der Waals surface area contributed by atoms with Gasteiger partial charge >= 0.3 is 0 Å². The van der Waals surface area contributed by atoms with Crippen molar-refractivity contribution >= 4 is 28.7 Å².